The molecule has 2 aliphatic heterocycles. The van der Waals surface area contributed by atoms with Gasteiger partial charge in [0.15, 0.2) is 5.82 Å². The van der Waals surface area contributed by atoms with Crippen LogP contribution in [0.15, 0.2) is 146 Å². The van der Waals surface area contributed by atoms with Crippen molar-refractivity contribution >= 4 is 10.9 Å². The molecule has 6 aromatic carbocycles. The first-order valence-electron chi connectivity index (χ1n) is 14.4. The Labute approximate surface area is 248 Å². The molecule has 0 saturated carbocycles. The number of rotatable bonds is 3. The second-order valence-corrected chi connectivity index (χ2v) is 10.9. The Morgan fingerprint density at radius 3 is 1.95 bits per heavy atom. The zero-order valence-electron chi connectivity index (χ0n) is 23.1. The van der Waals surface area contributed by atoms with Gasteiger partial charge in [-0.25, -0.2) is 9.97 Å². The molecule has 1 atom stereocenters. The molecule has 0 amide bonds. The van der Waals surface area contributed by atoms with E-state index in [9.17, 15) is 0 Å². The highest BCUT2D eigenvalue weighted by Crippen LogP contribution is 2.62. The van der Waals surface area contributed by atoms with Crippen LogP contribution in [-0.2, 0) is 5.41 Å². The summed E-state index contributed by atoms with van der Waals surface area (Å²) in [4.78, 5) is 10.1. The second-order valence-electron chi connectivity index (χ2n) is 10.9. The summed E-state index contributed by atoms with van der Waals surface area (Å²) in [6.07, 6.45) is 0. The summed E-state index contributed by atoms with van der Waals surface area (Å²) in [6, 6.07) is 49.9. The summed E-state index contributed by atoms with van der Waals surface area (Å²) < 4.78 is 13.2. The number of para-hydroxylation sites is 2. The molecule has 43 heavy (non-hydrogen) atoms. The standard InChI is InChI=1S/C39H24N2O2/c1-3-12-25(13-4-1)37-28-16-7-9-18-31(28)40-38(41-37)26-22-23-30-35(24-26)43-34-21-11-20-33-36(34)39(30,27-14-5-2-6-15-27)29-17-8-10-19-32(29)42-33/h1-24H. The quantitative estimate of drug-likeness (QED) is 0.219. The molecule has 2 aliphatic rings. The van der Waals surface area contributed by atoms with Crippen LogP contribution >= 0.6 is 0 Å². The van der Waals surface area contributed by atoms with E-state index in [2.05, 4.69) is 78.9 Å². The SMILES string of the molecule is c1ccc(-c2nc(-c3ccc4c(c3)Oc3cccc5c3C4(c3ccccc3)c3ccccc3O5)nc3ccccc23)cc1. The van der Waals surface area contributed by atoms with Gasteiger partial charge in [0.05, 0.1) is 22.2 Å². The third kappa shape index (κ3) is 3.44. The number of aromatic nitrogens is 2. The van der Waals surface area contributed by atoms with Crippen LogP contribution in [0.2, 0.25) is 0 Å². The van der Waals surface area contributed by atoms with Crippen molar-refractivity contribution in [3.05, 3.63) is 168 Å². The highest BCUT2D eigenvalue weighted by Gasteiger charge is 2.51. The average Bonchev–Trinajstić information content (AvgIpc) is 3.08. The molecule has 0 N–H and O–H groups in total. The zero-order valence-corrected chi connectivity index (χ0v) is 23.1. The van der Waals surface area contributed by atoms with Crippen LogP contribution in [0, 0.1) is 0 Å². The van der Waals surface area contributed by atoms with E-state index in [1.807, 2.05) is 66.7 Å². The van der Waals surface area contributed by atoms with E-state index in [4.69, 9.17) is 19.4 Å². The lowest BCUT2D eigenvalue weighted by Gasteiger charge is -2.45. The van der Waals surface area contributed by atoms with Gasteiger partial charge in [-0.15, -0.1) is 0 Å². The van der Waals surface area contributed by atoms with Crippen LogP contribution in [0.3, 0.4) is 0 Å². The maximum absolute atomic E-state index is 6.71. The highest BCUT2D eigenvalue weighted by atomic mass is 16.5. The summed E-state index contributed by atoms with van der Waals surface area (Å²) in [6.45, 7) is 0. The second kappa shape index (κ2) is 9.13. The number of nitrogens with zero attached hydrogens (tertiary/aromatic N) is 2. The Morgan fingerprint density at radius 2 is 1.12 bits per heavy atom. The summed E-state index contributed by atoms with van der Waals surface area (Å²) in [5.74, 6) is 3.87. The van der Waals surface area contributed by atoms with Crippen molar-refractivity contribution in [1.82, 2.24) is 9.97 Å². The van der Waals surface area contributed by atoms with E-state index in [-0.39, 0.29) is 0 Å². The largest absolute Gasteiger partial charge is 0.457 e. The molecule has 0 radical (unpaired) electrons. The lowest BCUT2D eigenvalue weighted by molar-refractivity contribution is 0.385. The van der Waals surface area contributed by atoms with E-state index in [0.717, 1.165) is 73.0 Å². The van der Waals surface area contributed by atoms with Crippen LogP contribution < -0.4 is 9.47 Å². The third-order valence-corrected chi connectivity index (χ3v) is 8.59. The molecular weight excluding hydrogens is 528 g/mol. The third-order valence-electron chi connectivity index (χ3n) is 8.59. The van der Waals surface area contributed by atoms with Crippen molar-refractivity contribution in [1.29, 1.82) is 0 Å². The molecule has 0 bridgehead atoms. The van der Waals surface area contributed by atoms with Crippen molar-refractivity contribution in [3.8, 4) is 45.6 Å². The van der Waals surface area contributed by atoms with Gasteiger partial charge in [-0.1, -0.05) is 115 Å². The van der Waals surface area contributed by atoms with Crippen molar-refractivity contribution in [2.75, 3.05) is 0 Å². The van der Waals surface area contributed by atoms with Gasteiger partial charge in [0.2, 0.25) is 0 Å². The predicted octanol–water partition coefficient (Wildman–Crippen LogP) is 9.56. The Morgan fingerprint density at radius 1 is 0.465 bits per heavy atom. The van der Waals surface area contributed by atoms with E-state index in [0.29, 0.717) is 5.82 Å². The molecule has 4 heteroatoms. The van der Waals surface area contributed by atoms with Gasteiger partial charge in [-0.3, -0.25) is 0 Å². The van der Waals surface area contributed by atoms with Gasteiger partial charge in [0.1, 0.15) is 23.0 Å². The lowest BCUT2D eigenvalue weighted by atomic mass is 9.62. The van der Waals surface area contributed by atoms with E-state index >= 15 is 0 Å². The molecule has 9 rings (SSSR count). The van der Waals surface area contributed by atoms with E-state index in [1.54, 1.807) is 0 Å². The molecule has 0 saturated heterocycles. The molecule has 3 heterocycles. The number of ether oxygens (including phenoxy) is 2. The maximum atomic E-state index is 6.71. The Hall–Kier alpha value is -5.74. The first-order chi connectivity index (χ1) is 21.3. The number of benzene rings is 6. The summed E-state index contributed by atoms with van der Waals surface area (Å²) in [7, 11) is 0. The minimum Gasteiger partial charge on any atom is -0.457 e. The van der Waals surface area contributed by atoms with Crippen LogP contribution in [-0.4, -0.2) is 9.97 Å². The molecule has 1 unspecified atom stereocenters. The fourth-order valence-corrected chi connectivity index (χ4v) is 6.79. The monoisotopic (exact) mass is 552 g/mol. The van der Waals surface area contributed by atoms with Crippen LogP contribution in [0.1, 0.15) is 22.3 Å². The lowest BCUT2D eigenvalue weighted by Crippen LogP contribution is -2.36. The Bertz CT molecular complexity index is 2190. The van der Waals surface area contributed by atoms with Gasteiger partial charge < -0.3 is 9.47 Å². The molecule has 0 spiro atoms. The maximum Gasteiger partial charge on any atom is 0.160 e. The number of fused-ring (bicyclic) bond motifs is 5. The Balaban J connectivity index is 1.31. The normalized spacial score (nSPS) is 15.9. The van der Waals surface area contributed by atoms with Crippen LogP contribution in [0.5, 0.6) is 23.0 Å². The summed E-state index contributed by atoms with van der Waals surface area (Å²) in [5.41, 5.74) is 7.47. The topological polar surface area (TPSA) is 44.2 Å². The summed E-state index contributed by atoms with van der Waals surface area (Å²) in [5, 5.41) is 1.02. The van der Waals surface area contributed by atoms with Crippen molar-refractivity contribution in [2.24, 2.45) is 0 Å². The Kier molecular flexibility index (Phi) is 5.08. The van der Waals surface area contributed by atoms with Gasteiger partial charge in [-0.2, -0.15) is 0 Å². The molecule has 0 fully saturated rings. The van der Waals surface area contributed by atoms with Crippen molar-refractivity contribution in [3.63, 3.8) is 0 Å². The van der Waals surface area contributed by atoms with Crippen molar-refractivity contribution < 1.29 is 9.47 Å². The number of hydrogen-bond acceptors (Lipinski definition) is 4. The zero-order chi connectivity index (χ0) is 28.4. The first kappa shape index (κ1) is 23.9. The van der Waals surface area contributed by atoms with Crippen LogP contribution in [0.25, 0.3) is 33.5 Å². The molecule has 4 nitrogen and oxygen atoms in total. The fourth-order valence-electron chi connectivity index (χ4n) is 6.79. The highest BCUT2D eigenvalue weighted by molar-refractivity contribution is 5.93. The van der Waals surface area contributed by atoms with Crippen molar-refractivity contribution in [2.45, 2.75) is 5.41 Å². The van der Waals surface area contributed by atoms with Gasteiger partial charge in [-0.05, 0) is 35.9 Å². The van der Waals surface area contributed by atoms with E-state index < -0.39 is 5.41 Å². The van der Waals surface area contributed by atoms with Gasteiger partial charge in [0.25, 0.3) is 0 Å². The molecule has 7 aromatic rings. The molecule has 202 valence electrons. The van der Waals surface area contributed by atoms with Gasteiger partial charge >= 0.3 is 0 Å². The molecule has 1 aromatic heterocycles. The average molecular weight is 553 g/mol. The predicted molar refractivity (Wildman–Crippen MR) is 169 cm³/mol. The number of hydrogen-bond donors (Lipinski definition) is 0. The van der Waals surface area contributed by atoms with Crippen LogP contribution in [0.4, 0.5) is 0 Å². The van der Waals surface area contributed by atoms with E-state index in [1.165, 1.54) is 0 Å². The fraction of sp³-hybridized carbons (Fsp3) is 0.0256. The smallest absolute Gasteiger partial charge is 0.160 e. The minimum absolute atomic E-state index is 0.617. The minimum atomic E-state index is -0.617. The first-order valence-corrected chi connectivity index (χ1v) is 14.4. The summed E-state index contributed by atoms with van der Waals surface area (Å²) >= 11 is 0. The molecular formula is C39H24N2O2. The van der Waals surface area contributed by atoms with Gasteiger partial charge in [0, 0.05) is 27.6 Å². The molecule has 0 aliphatic carbocycles.